The molecule has 0 atom stereocenters. The van der Waals surface area contributed by atoms with Crippen LogP contribution in [0.25, 0.3) is 5.57 Å². The lowest BCUT2D eigenvalue weighted by molar-refractivity contribution is -0.136. The highest BCUT2D eigenvalue weighted by atomic mass is 19.1. The predicted octanol–water partition coefficient (Wildman–Crippen LogP) is 6.75. The van der Waals surface area contributed by atoms with Crippen molar-refractivity contribution in [2.75, 3.05) is 6.61 Å². The summed E-state index contributed by atoms with van der Waals surface area (Å²) in [5.41, 5.74) is 5.75. The topological polar surface area (TPSA) is 26.3 Å². The third-order valence-corrected chi connectivity index (χ3v) is 6.35. The molecule has 2 aromatic carbocycles. The molecule has 3 heteroatoms. The second-order valence-corrected chi connectivity index (χ2v) is 9.53. The first-order valence-corrected chi connectivity index (χ1v) is 10.9. The van der Waals surface area contributed by atoms with Crippen molar-refractivity contribution in [1.29, 1.82) is 0 Å². The van der Waals surface area contributed by atoms with E-state index in [-0.39, 0.29) is 22.6 Å². The molecule has 160 valence electrons. The molecule has 0 aromatic heterocycles. The highest BCUT2D eigenvalue weighted by molar-refractivity contribution is 6.16. The number of aryl methyl sites for hydroxylation is 1. The van der Waals surface area contributed by atoms with E-state index in [0.717, 1.165) is 6.42 Å². The fraction of sp³-hybridized carbons (Fsp3) is 0.444. The minimum absolute atomic E-state index is 0.181. The molecule has 0 aliphatic heterocycles. The third kappa shape index (κ3) is 4.83. The van der Waals surface area contributed by atoms with E-state index in [0.29, 0.717) is 24.2 Å². The van der Waals surface area contributed by atoms with Gasteiger partial charge in [0.25, 0.3) is 0 Å². The van der Waals surface area contributed by atoms with Crippen molar-refractivity contribution in [1.82, 2.24) is 0 Å². The van der Waals surface area contributed by atoms with E-state index < -0.39 is 0 Å². The summed E-state index contributed by atoms with van der Waals surface area (Å²) in [6, 6.07) is 12.9. The van der Waals surface area contributed by atoms with Crippen LogP contribution in [0.15, 0.2) is 48.5 Å². The van der Waals surface area contributed by atoms with E-state index >= 15 is 0 Å². The number of ether oxygens (including phenoxy) is 1. The van der Waals surface area contributed by atoms with Crippen molar-refractivity contribution < 1.29 is 13.9 Å². The first-order valence-electron chi connectivity index (χ1n) is 10.9. The first kappa shape index (κ1) is 22.3. The summed E-state index contributed by atoms with van der Waals surface area (Å²) < 4.78 is 18.5. The summed E-state index contributed by atoms with van der Waals surface area (Å²) in [5.74, 6) is -0.681. The van der Waals surface area contributed by atoms with Crippen LogP contribution >= 0.6 is 0 Å². The second kappa shape index (κ2) is 8.75. The van der Waals surface area contributed by atoms with Crippen LogP contribution in [0.1, 0.15) is 76.1 Å². The summed E-state index contributed by atoms with van der Waals surface area (Å²) in [6.07, 6.45) is 5.87. The summed E-state index contributed by atoms with van der Waals surface area (Å²) in [4.78, 5) is 12.4. The van der Waals surface area contributed by atoms with Gasteiger partial charge in [-0.25, -0.2) is 9.18 Å². The summed E-state index contributed by atoms with van der Waals surface area (Å²) in [5, 5.41) is 0. The molecule has 0 N–H and O–H groups in total. The maximum absolute atomic E-state index is 13.3. The van der Waals surface area contributed by atoms with Crippen molar-refractivity contribution >= 4 is 11.5 Å². The number of benzene rings is 2. The van der Waals surface area contributed by atoms with Crippen molar-refractivity contribution in [3.05, 3.63) is 76.6 Å². The van der Waals surface area contributed by atoms with Gasteiger partial charge in [0, 0.05) is 0 Å². The van der Waals surface area contributed by atoms with E-state index in [1.54, 1.807) is 19.1 Å². The third-order valence-electron chi connectivity index (χ3n) is 6.35. The van der Waals surface area contributed by atoms with Gasteiger partial charge < -0.3 is 4.74 Å². The standard InChI is InChI=1S/C27H33FO2/c1-6-30-25(29)22(20-11-13-21(28)14-12-20)9-7-8-19-10-15-23-24(18-19)27(4,5)17-16-26(23,2)3/h9-15,18H,6-8,16-17H2,1-5H3. The Morgan fingerprint density at radius 2 is 1.63 bits per heavy atom. The Kier molecular flexibility index (Phi) is 6.50. The van der Waals surface area contributed by atoms with Crippen LogP contribution in [0.2, 0.25) is 0 Å². The number of fused-ring (bicyclic) bond motifs is 1. The van der Waals surface area contributed by atoms with Gasteiger partial charge in [0.1, 0.15) is 5.82 Å². The zero-order valence-corrected chi connectivity index (χ0v) is 18.8. The van der Waals surface area contributed by atoms with Crippen molar-refractivity contribution in [2.45, 2.75) is 71.1 Å². The number of allylic oxidation sites excluding steroid dienone is 1. The lowest BCUT2D eigenvalue weighted by Gasteiger charge is -2.42. The molecule has 0 radical (unpaired) electrons. The highest BCUT2D eigenvalue weighted by Crippen LogP contribution is 2.45. The van der Waals surface area contributed by atoms with Gasteiger partial charge in [-0.3, -0.25) is 0 Å². The number of rotatable bonds is 6. The molecular weight excluding hydrogens is 375 g/mol. The maximum Gasteiger partial charge on any atom is 0.338 e. The largest absolute Gasteiger partial charge is 0.462 e. The quantitative estimate of drug-likeness (QED) is 0.390. The number of hydrogen-bond acceptors (Lipinski definition) is 2. The molecule has 0 saturated heterocycles. The molecule has 0 saturated carbocycles. The molecular formula is C27H33FO2. The van der Waals surface area contributed by atoms with Crippen molar-refractivity contribution in [3.8, 4) is 0 Å². The molecule has 0 spiro atoms. The zero-order valence-electron chi connectivity index (χ0n) is 18.8. The number of halogens is 1. The van der Waals surface area contributed by atoms with Gasteiger partial charge in [-0.05, 0) is 77.8 Å². The fourth-order valence-electron chi connectivity index (χ4n) is 4.33. The average molecular weight is 409 g/mol. The lowest BCUT2D eigenvalue weighted by atomic mass is 9.63. The lowest BCUT2D eigenvalue weighted by Crippen LogP contribution is -2.33. The van der Waals surface area contributed by atoms with Crippen LogP contribution < -0.4 is 0 Å². The van der Waals surface area contributed by atoms with E-state index in [4.69, 9.17) is 4.74 Å². The van der Waals surface area contributed by atoms with Gasteiger partial charge in [-0.2, -0.15) is 0 Å². The van der Waals surface area contributed by atoms with Crippen molar-refractivity contribution in [2.24, 2.45) is 0 Å². The molecule has 3 rings (SSSR count). The van der Waals surface area contributed by atoms with Crippen LogP contribution in [0.4, 0.5) is 4.39 Å². The summed E-state index contributed by atoms with van der Waals surface area (Å²) >= 11 is 0. The van der Waals surface area contributed by atoms with Crippen LogP contribution in [0, 0.1) is 5.82 Å². The Balaban J connectivity index is 1.83. The Hall–Kier alpha value is -2.42. The smallest absolute Gasteiger partial charge is 0.338 e. The normalized spacial score (nSPS) is 17.3. The molecule has 1 aliphatic carbocycles. The highest BCUT2D eigenvalue weighted by Gasteiger charge is 2.36. The Morgan fingerprint density at radius 3 is 2.27 bits per heavy atom. The van der Waals surface area contributed by atoms with Crippen LogP contribution in [0.3, 0.4) is 0 Å². The number of carbonyl (C=O) groups excluding carboxylic acids is 1. The average Bonchev–Trinajstić information content (AvgIpc) is 2.70. The Labute approximate surface area is 180 Å². The van der Waals surface area contributed by atoms with E-state index in [1.165, 1.54) is 41.7 Å². The molecule has 1 aliphatic rings. The summed E-state index contributed by atoms with van der Waals surface area (Å²) in [6.45, 7) is 11.4. The number of esters is 1. The number of hydrogen-bond donors (Lipinski definition) is 0. The molecule has 0 heterocycles. The van der Waals surface area contributed by atoms with Crippen molar-refractivity contribution in [3.63, 3.8) is 0 Å². The molecule has 30 heavy (non-hydrogen) atoms. The van der Waals surface area contributed by atoms with Gasteiger partial charge in [-0.15, -0.1) is 0 Å². The maximum atomic E-state index is 13.3. The van der Waals surface area contributed by atoms with Gasteiger partial charge in [-0.1, -0.05) is 64.1 Å². The first-order chi connectivity index (χ1) is 14.1. The van der Waals surface area contributed by atoms with Crippen LogP contribution in [0.5, 0.6) is 0 Å². The molecule has 0 amide bonds. The fourth-order valence-corrected chi connectivity index (χ4v) is 4.33. The van der Waals surface area contributed by atoms with E-state index in [2.05, 4.69) is 45.9 Å². The molecule has 0 bridgehead atoms. The van der Waals surface area contributed by atoms with Gasteiger partial charge >= 0.3 is 5.97 Å². The molecule has 2 nitrogen and oxygen atoms in total. The Bertz CT molecular complexity index is 936. The SMILES string of the molecule is CCOC(=O)C(=CCCc1ccc2c(c1)C(C)(C)CCC2(C)C)c1ccc(F)cc1. The minimum atomic E-state index is -0.363. The monoisotopic (exact) mass is 408 g/mol. The van der Waals surface area contributed by atoms with Gasteiger partial charge in [0.15, 0.2) is 0 Å². The summed E-state index contributed by atoms with van der Waals surface area (Å²) in [7, 11) is 0. The van der Waals surface area contributed by atoms with E-state index in [9.17, 15) is 9.18 Å². The minimum Gasteiger partial charge on any atom is -0.462 e. The van der Waals surface area contributed by atoms with Crippen LogP contribution in [-0.4, -0.2) is 12.6 Å². The molecule has 0 fully saturated rings. The second-order valence-electron chi connectivity index (χ2n) is 9.53. The molecule has 0 unspecified atom stereocenters. The number of carbonyl (C=O) groups is 1. The molecule has 2 aromatic rings. The van der Waals surface area contributed by atoms with Gasteiger partial charge in [0.05, 0.1) is 12.2 Å². The Morgan fingerprint density at radius 1 is 1.00 bits per heavy atom. The predicted molar refractivity (Wildman–Crippen MR) is 121 cm³/mol. The van der Waals surface area contributed by atoms with Gasteiger partial charge in [0.2, 0.25) is 0 Å². The zero-order chi connectivity index (χ0) is 21.9. The van der Waals surface area contributed by atoms with E-state index in [1.807, 2.05) is 6.08 Å². The van der Waals surface area contributed by atoms with Crippen LogP contribution in [-0.2, 0) is 26.8 Å².